The molecule has 2 nitrogen and oxygen atoms in total. The smallest absolute Gasteiger partial charge is 0.254 e. The molecule has 3 rings (SSSR count). The van der Waals surface area contributed by atoms with Crippen LogP contribution in [0.5, 0.6) is 0 Å². The number of benzene rings is 2. The van der Waals surface area contributed by atoms with Crippen molar-refractivity contribution in [3.05, 3.63) is 81.9 Å². The molecule has 0 saturated carbocycles. The van der Waals surface area contributed by atoms with E-state index >= 15 is 0 Å². The van der Waals surface area contributed by atoms with Gasteiger partial charge in [0.15, 0.2) is 0 Å². The molecule has 2 unspecified atom stereocenters. The van der Waals surface area contributed by atoms with Gasteiger partial charge in [-0.15, -0.1) is 6.58 Å². The number of allylic oxidation sites excluding steroid dienone is 1. The fraction of sp³-hybridized carbons (Fsp3) is 0.250. The molecule has 0 radical (unpaired) electrons. The van der Waals surface area contributed by atoms with Crippen molar-refractivity contribution in [2.75, 3.05) is 6.54 Å². The second-order valence-corrected chi connectivity index (χ2v) is 6.74. The molecule has 2 aromatic rings. The lowest BCUT2D eigenvalue weighted by molar-refractivity contribution is 0.0713. The summed E-state index contributed by atoms with van der Waals surface area (Å²) >= 11 is 12.3. The largest absolute Gasteiger partial charge is 0.331 e. The first-order valence-corrected chi connectivity index (χ1v) is 8.79. The Balaban J connectivity index is 2.11. The van der Waals surface area contributed by atoms with Crippen LogP contribution in [0.1, 0.15) is 46.8 Å². The fourth-order valence-electron chi connectivity index (χ4n) is 3.54. The maximum absolute atomic E-state index is 12.8. The van der Waals surface area contributed by atoms with Gasteiger partial charge in [0.05, 0.1) is 16.1 Å². The minimum atomic E-state index is -0.0195. The number of amides is 1. The first-order valence-electron chi connectivity index (χ1n) is 8.04. The summed E-state index contributed by atoms with van der Waals surface area (Å²) in [6.45, 7) is 6.57. The van der Waals surface area contributed by atoms with E-state index in [2.05, 4.69) is 6.58 Å². The third kappa shape index (κ3) is 2.85. The summed E-state index contributed by atoms with van der Waals surface area (Å²) in [6, 6.07) is 13.5. The second kappa shape index (κ2) is 7.00. The Bertz CT molecular complexity index is 787. The molecule has 124 valence electrons. The van der Waals surface area contributed by atoms with Gasteiger partial charge < -0.3 is 4.90 Å². The zero-order valence-electron chi connectivity index (χ0n) is 13.5. The first kappa shape index (κ1) is 17.1. The maximum atomic E-state index is 12.8. The normalized spacial score (nSPS) is 17.7. The van der Waals surface area contributed by atoms with E-state index in [1.807, 2.05) is 60.4 Å². The molecule has 4 heteroatoms. The minimum absolute atomic E-state index is 0.0195. The summed E-state index contributed by atoms with van der Waals surface area (Å²) in [6.07, 6.45) is 2.65. The summed E-state index contributed by atoms with van der Waals surface area (Å²) in [5.41, 5.74) is 2.93. The Hall–Kier alpha value is -1.77. The zero-order valence-corrected chi connectivity index (χ0v) is 15.0. The Morgan fingerprint density at radius 3 is 2.62 bits per heavy atom. The first-order chi connectivity index (χ1) is 11.6. The van der Waals surface area contributed by atoms with Gasteiger partial charge in [-0.25, -0.2) is 0 Å². The van der Waals surface area contributed by atoms with Gasteiger partial charge in [0.1, 0.15) is 0 Å². The highest BCUT2D eigenvalue weighted by atomic mass is 35.5. The summed E-state index contributed by atoms with van der Waals surface area (Å²) in [5, 5.41) is 1.07. The van der Waals surface area contributed by atoms with Crippen molar-refractivity contribution in [1.82, 2.24) is 4.90 Å². The quantitative estimate of drug-likeness (QED) is 0.611. The van der Waals surface area contributed by atoms with E-state index in [4.69, 9.17) is 23.2 Å². The van der Waals surface area contributed by atoms with Crippen molar-refractivity contribution in [3.63, 3.8) is 0 Å². The monoisotopic (exact) mass is 359 g/mol. The van der Waals surface area contributed by atoms with Gasteiger partial charge in [-0.3, -0.25) is 4.79 Å². The standard InChI is InChI=1S/C20H19Cl2NO/c1-3-7-14(13-10-11-17(21)18(22)12-13)19-15-8-5-6-9-16(15)20(24)23(19)4-2/h3,5-6,8-12,14,19H,1,4,7H2,2H3. The highest BCUT2D eigenvalue weighted by Crippen LogP contribution is 2.45. The van der Waals surface area contributed by atoms with Gasteiger partial charge in [-0.05, 0) is 42.7 Å². The van der Waals surface area contributed by atoms with Gasteiger partial charge in [0.25, 0.3) is 5.91 Å². The minimum Gasteiger partial charge on any atom is -0.331 e. The van der Waals surface area contributed by atoms with E-state index in [0.29, 0.717) is 16.6 Å². The summed E-state index contributed by atoms with van der Waals surface area (Å²) in [4.78, 5) is 14.7. The molecule has 1 aliphatic heterocycles. The van der Waals surface area contributed by atoms with Crippen LogP contribution in [0.2, 0.25) is 10.0 Å². The molecule has 0 saturated heterocycles. The molecular weight excluding hydrogens is 341 g/mol. The molecule has 0 aliphatic carbocycles. The van der Waals surface area contributed by atoms with Crippen LogP contribution < -0.4 is 0 Å². The number of fused-ring (bicyclic) bond motifs is 1. The van der Waals surface area contributed by atoms with E-state index in [0.717, 1.165) is 23.1 Å². The number of halogens is 2. The van der Waals surface area contributed by atoms with Gasteiger partial charge >= 0.3 is 0 Å². The molecule has 0 aromatic heterocycles. The van der Waals surface area contributed by atoms with E-state index in [-0.39, 0.29) is 17.9 Å². The maximum Gasteiger partial charge on any atom is 0.254 e. The topological polar surface area (TPSA) is 20.3 Å². The SMILES string of the molecule is C=CCC(c1ccc(Cl)c(Cl)c1)C1c2ccccc2C(=O)N1CC. The van der Waals surface area contributed by atoms with Crippen molar-refractivity contribution in [2.24, 2.45) is 0 Å². The van der Waals surface area contributed by atoms with Crippen molar-refractivity contribution in [1.29, 1.82) is 0 Å². The van der Waals surface area contributed by atoms with E-state index in [9.17, 15) is 4.79 Å². The molecular formula is C20H19Cl2NO. The molecule has 2 aromatic carbocycles. The Labute approximate surface area is 152 Å². The number of nitrogens with zero attached hydrogens (tertiary/aromatic N) is 1. The number of carbonyl (C=O) groups is 1. The molecule has 1 amide bonds. The Morgan fingerprint density at radius 2 is 1.96 bits per heavy atom. The summed E-state index contributed by atoms with van der Waals surface area (Å²) in [7, 11) is 0. The average Bonchev–Trinajstić information content (AvgIpc) is 2.88. The van der Waals surface area contributed by atoms with E-state index in [1.165, 1.54) is 0 Å². The highest BCUT2D eigenvalue weighted by molar-refractivity contribution is 6.42. The lowest BCUT2D eigenvalue weighted by atomic mass is 9.84. The number of rotatable bonds is 5. The van der Waals surface area contributed by atoms with Crippen molar-refractivity contribution >= 4 is 29.1 Å². The molecule has 24 heavy (non-hydrogen) atoms. The van der Waals surface area contributed by atoms with Crippen LogP contribution in [0.3, 0.4) is 0 Å². The molecule has 0 N–H and O–H groups in total. The number of hydrogen-bond acceptors (Lipinski definition) is 1. The van der Waals surface area contributed by atoms with E-state index < -0.39 is 0 Å². The molecule has 1 aliphatic rings. The number of hydrogen-bond donors (Lipinski definition) is 0. The predicted molar refractivity (Wildman–Crippen MR) is 99.9 cm³/mol. The van der Waals surface area contributed by atoms with Crippen LogP contribution in [0.4, 0.5) is 0 Å². The molecule has 2 atom stereocenters. The molecule has 1 heterocycles. The summed E-state index contributed by atoms with van der Waals surface area (Å²) in [5.74, 6) is 0.178. The molecule has 0 fully saturated rings. The van der Waals surface area contributed by atoms with Crippen molar-refractivity contribution in [2.45, 2.75) is 25.3 Å². The van der Waals surface area contributed by atoms with Gasteiger partial charge in [0, 0.05) is 18.0 Å². The Kier molecular flexibility index (Phi) is 4.98. The van der Waals surface area contributed by atoms with Crippen molar-refractivity contribution in [3.8, 4) is 0 Å². The average molecular weight is 360 g/mol. The van der Waals surface area contributed by atoms with Gasteiger partial charge in [-0.2, -0.15) is 0 Å². The van der Waals surface area contributed by atoms with Crippen molar-refractivity contribution < 1.29 is 4.79 Å². The third-order valence-electron chi connectivity index (χ3n) is 4.62. The third-order valence-corrected chi connectivity index (χ3v) is 5.36. The molecule has 0 bridgehead atoms. The Morgan fingerprint density at radius 1 is 1.21 bits per heavy atom. The predicted octanol–water partition coefficient (Wildman–Crippen LogP) is 5.87. The molecule has 0 spiro atoms. The van der Waals surface area contributed by atoms with E-state index in [1.54, 1.807) is 0 Å². The van der Waals surface area contributed by atoms with Crippen LogP contribution in [-0.2, 0) is 0 Å². The van der Waals surface area contributed by atoms with Crippen LogP contribution >= 0.6 is 23.2 Å². The van der Waals surface area contributed by atoms with Crippen LogP contribution in [0.15, 0.2) is 55.1 Å². The van der Waals surface area contributed by atoms with Crippen LogP contribution in [-0.4, -0.2) is 17.4 Å². The zero-order chi connectivity index (χ0) is 17.3. The lowest BCUT2D eigenvalue weighted by Crippen LogP contribution is -2.31. The summed E-state index contributed by atoms with van der Waals surface area (Å²) < 4.78 is 0. The lowest BCUT2D eigenvalue weighted by Gasteiger charge is -2.31. The second-order valence-electron chi connectivity index (χ2n) is 5.93. The van der Waals surface area contributed by atoms with Gasteiger partial charge in [0.2, 0.25) is 0 Å². The fourth-order valence-corrected chi connectivity index (χ4v) is 3.85. The van der Waals surface area contributed by atoms with Gasteiger partial charge in [-0.1, -0.05) is 53.5 Å². The van der Waals surface area contributed by atoms with Crippen LogP contribution in [0.25, 0.3) is 0 Å². The van der Waals surface area contributed by atoms with Crippen LogP contribution in [0, 0.1) is 0 Å². The number of carbonyl (C=O) groups excluding carboxylic acids is 1. The highest BCUT2D eigenvalue weighted by Gasteiger charge is 2.40. The number of likely N-dealkylation sites (N-methyl/N-ethyl adjacent to an activating group) is 1.